The first kappa shape index (κ1) is 17.4. The number of hydrogen-bond acceptors (Lipinski definition) is 6. The summed E-state index contributed by atoms with van der Waals surface area (Å²) >= 11 is 1.85. The number of likely N-dealkylation sites (tertiary alicyclic amines) is 1. The smallest absolute Gasteiger partial charge is 0.151 e. The van der Waals surface area contributed by atoms with Gasteiger partial charge in [-0.05, 0) is 62.1 Å². The molecule has 3 aromatic heterocycles. The third kappa shape index (κ3) is 4.38. The molecule has 0 N–H and O–H groups in total. The molecule has 0 unspecified atom stereocenters. The van der Waals surface area contributed by atoms with Crippen molar-refractivity contribution < 1.29 is 4.52 Å². The van der Waals surface area contributed by atoms with Crippen LogP contribution in [0, 0.1) is 0 Å². The zero-order valence-corrected chi connectivity index (χ0v) is 15.9. The van der Waals surface area contributed by atoms with E-state index in [0.29, 0.717) is 0 Å². The number of pyridine rings is 1. The molecule has 4 heterocycles. The van der Waals surface area contributed by atoms with Gasteiger partial charge in [0.25, 0.3) is 0 Å². The molecule has 0 aliphatic carbocycles. The third-order valence-corrected chi connectivity index (χ3v) is 5.62. The molecule has 0 saturated carbocycles. The number of aromatic nitrogens is 2. The van der Waals surface area contributed by atoms with Gasteiger partial charge in [0.2, 0.25) is 0 Å². The van der Waals surface area contributed by atoms with E-state index in [0.717, 1.165) is 36.8 Å². The third-order valence-electron chi connectivity index (χ3n) is 4.65. The quantitative estimate of drug-likeness (QED) is 0.630. The molecule has 0 aromatic carbocycles. The Kier molecular flexibility index (Phi) is 5.43. The van der Waals surface area contributed by atoms with Crippen molar-refractivity contribution in [3.05, 3.63) is 58.1 Å². The van der Waals surface area contributed by atoms with Gasteiger partial charge in [0.1, 0.15) is 5.69 Å². The van der Waals surface area contributed by atoms with Crippen LogP contribution in [-0.4, -0.2) is 40.1 Å². The average molecular weight is 369 g/mol. The van der Waals surface area contributed by atoms with Gasteiger partial charge in [0.05, 0.1) is 12.2 Å². The molecule has 0 radical (unpaired) electrons. The van der Waals surface area contributed by atoms with Gasteiger partial charge < -0.3 is 4.52 Å². The molecule has 1 aliphatic rings. The lowest BCUT2D eigenvalue weighted by Gasteiger charge is -2.14. The standard InChI is InChI=1S/C20H24N4OS/c1-23(13-17-11-20(22-25-17)19-6-2-3-7-21-19)14-18-10-16(15-26-18)12-24-8-4-5-9-24/h2-3,6-7,10-11,15H,4-5,8-9,12-14H2,1H3. The molecule has 5 nitrogen and oxygen atoms in total. The molecule has 1 aliphatic heterocycles. The van der Waals surface area contributed by atoms with Crippen LogP contribution in [0.3, 0.4) is 0 Å². The fourth-order valence-electron chi connectivity index (χ4n) is 3.40. The Bertz CT molecular complexity index is 823. The Morgan fingerprint density at radius 3 is 2.85 bits per heavy atom. The summed E-state index contributed by atoms with van der Waals surface area (Å²) in [6.45, 7) is 5.24. The Hall–Kier alpha value is -2.02. The molecule has 4 rings (SSSR count). The summed E-state index contributed by atoms with van der Waals surface area (Å²) in [5.41, 5.74) is 3.07. The second kappa shape index (κ2) is 8.12. The molecule has 1 saturated heterocycles. The second-order valence-corrected chi connectivity index (χ2v) is 7.97. The van der Waals surface area contributed by atoms with Gasteiger partial charge in [-0.2, -0.15) is 0 Å². The fraction of sp³-hybridized carbons (Fsp3) is 0.400. The molecule has 0 spiro atoms. The minimum atomic E-state index is 0.735. The van der Waals surface area contributed by atoms with Crippen molar-refractivity contribution in [2.75, 3.05) is 20.1 Å². The van der Waals surface area contributed by atoms with E-state index in [-0.39, 0.29) is 0 Å². The molecular formula is C20H24N4OS. The van der Waals surface area contributed by atoms with Gasteiger partial charge in [-0.3, -0.25) is 14.8 Å². The highest BCUT2D eigenvalue weighted by Gasteiger charge is 2.14. The lowest BCUT2D eigenvalue weighted by molar-refractivity contribution is 0.268. The van der Waals surface area contributed by atoms with Crippen molar-refractivity contribution in [3.63, 3.8) is 0 Å². The highest BCUT2D eigenvalue weighted by atomic mass is 32.1. The molecule has 3 aromatic rings. The van der Waals surface area contributed by atoms with Crippen LogP contribution in [0.5, 0.6) is 0 Å². The maximum absolute atomic E-state index is 5.49. The Balaban J connectivity index is 1.32. The first-order valence-corrected chi connectivity index (χ1v) is 9.98. The SMILES string of the molecule is CN(Cc1cc(-c2ccccn2)no1)Cc1cc(CN2CCCC2)cs1. The van der Waals surface area contributed by atoms with E-state index in [2.05, 4.69) is 38.4 Å². The summed E-state index contributed by atoms with van der Waals surface area (Å²) in [5, 5.41) is 6.44. The van der Waals surface area contributed by atoms with Crippen molar-refractivity contribution >= 4 is 11.3 Å². The van der Waals surface area contributed by atoms with Crippen molar-refractivity contribution in [2.45, 2.75) is 32.5 Å². The minimum absolute atomic E-state index is 0.735. The summed E-state index contributed by atoms with van der Waals surface area (Å²) < 4.78 is 5.49. The molecule has 136 valence electrons. The van der Waals surface area contributed by atoms with E-state index in [4.69, 9.17) is 4.52 Å². The number of thiophene rings is 1. The molecule has 6 heteroatoms. The molecular weight excluding hydrogens is 344 g/mol. The Morgan fingerprint density at radius 1 is 1.15 bits per heavy atom. The molecule has 26 heavy (non-hydrogen) atoms. The predicted molar refractivity (Wildman–Crippen MR) is 104 cm³/mol. The Morgan fingerprint density at radius 2 is 2.04 bits per heavy atom. The van der Waals surface area contributed by atoms with Crippen molar-refractivity contribution in [1.82, 2.24) is 19.9 Å². The summed E-state index contributed by atoms with van der Waals surface area (Å²) in [7, 11) is 2.11. The van der Waals surface area contributed by atoms with Crippen molar-refractivity contribution in [2.24, 2.45) is 0 Å². The molecule has 0 atom stereocenters. The molecule has 0 amide bonds. The number of rotatable bonds is 7. The van der Waals surface area contributed by atoms with Gasteiger partial charge in [0.15, 0.2) is 5.76 Å². The normalized spacial score (nSPS) is 15.2. The van der Waals surface area contributed by atoms with Gasteiger partial charge in [-0.15, -0.1) is 11.3 Å². The van der Waals surface area contributed by atoms with Crippen molar-refractivity contribution in [3.8, 4) is 11.4 Å². The van der Waals surface area contributed by atoms with E-state index in [1.807, 2.05) is 35.6 Å². The van der Waals surface area contributed by atoms with Crippen LogP contribution >= 0.6 is 11.3 Å². The van der Waals surface area contributed by atoms with Crippen LogP contribution in [0.25, 0.3) is 11.4 Å². The van der Waals surface area contributed by atoms with Gasteiger partial charge in [-0.25, -0.2) is 0 Å². The van der Waals surface area contributed by atoms with E-state index in [1.165, 1.54) is 36.4 Å². The van der Waals surface area contributed by atoms with Crippen LogP contribution in [0.4, 0.5) is 0 Å². The second-order valence-electron chi connectivity index (χ2n) is 6.97. The highest BCUT2D eigenvalue weighted by Crippen LogP contribution is 2.21. The first-order valence-electron chi connectivity index (χ1n) is 9.10. The lowest BCUT2D eigenvalue weighted by Crippen LogP contribution is -2.18. The van der Waals surface area contributed by atoms with E-state index < -0.39 is 0 Å². The lowest BCUT2D eigenvalue weighted by atomic mass is 10.2. The van der Waals surface area contributed by atoms with Crippen LogP contribution < -0.4 is 0 Å². The van der Waals surface area contributed by atoms with Crippen LogP contribution in [0.1, 0.15) is 29.0 Å². The molecule has 0 bridgehead atoms. The predicted octanol–water partition coefficient (Wildman–Crippen LogP) is 4.03. The van der Waals surface area contributed by atoms with Gasteiger partial charge in [0, 0.05) is 30.2 Å². The average Bonchev–Trinajstić information content (AvgIpc) is 3.39. The monoisotopic (exact) mass is 368 g/mol. The minimum Gasteiger partial charge on any atom is -0.359 e. The fourth-order valence-corrected chi connectivity index (χ4v) is 4.36. The Labute approximate surface area is 158 Å². The maximum atomic E-state index is 5.49. The van der Waals surface area contributed by atoms with Gasteiger partial charge in [-0.1, -0.05) is 11.2 Å². The highest BCUT2D eigenvalue weighted by molar-refractivity contribution is 7.10. The van der Waals surface area contributed by atoms with Crippen molar-refractivity contribution in [1.29, 1.82) is 0 Å². The maximum Gasteiger partial charge on any atom is 0.151 e. The van der Waals surface area contributed by atoms with E-state index >= 15 is 0 Å². The molecule has 1 fully saturated rings. The first-order chi connectivity index (χ1) is 12.8. The summed E-state index contributed by atoms with van der Waals surface area (Å²) in [6.07, 6.45) is 4.46. The topological polar surface area (TPSA) is 45.4 Å². The van der Waals surface area contributed by atoms with Crippen LogP contribution in [0.2, 0.25) is 0 Å². The summed E-state index contributed by atoms with van der Waals surface area (Å²) in [6, 6.07) is 10.1. The van der Waals surface area contributed by atoms with Crippen LogP contribution in [-0.2, 0) is 19.6 Å². The van der Waals surface area contributed by atoms with E-state index in [9.17, 15) is 0 Å². The summed E-state index contributed by atoms with van der Waals surface area (Å²) in [5.74, 6) is 0.863. The zero-order chi connectivity index (χ0) is 17.8. The number of hydrogen-bond donors (Lipinski definition) is 0. The number of nitrogens with zero attached hydrogens (tertiary/aromatic N) is 4. The summed E-state index contributed by atoms with van der Waals surface area (Å²) in [4.78, 5) is 10.5. The van der Waals surface area contributed by atoms with E-state index in [1.54, 1.807) is 6.20 Å². The van der Waals surface area contributed by atoms with Gasteiger partial charge >= 0.3 is 0 Å². The largest absolute Gasteiger partial charge is 0.359 e. The zero-order valence-electron chi connectivity index (χ0n) is 15.1. The van der Waals surface area contributed by atoms with Crippen LogP contribution in [0.15, 0.2) is 46.4 Å².